The van der Waals surface area contributed by atoms with Crippen LogP contribution in [0, 0.1) is 0 Å². The maximum atomic E-state index is 11.7. The van der Waals surface area contributed by atoms with E-state index in [1.165, 1.54) is 57.2 Å². The van der Waals surface area contributed by atoms with Crippen LogP contribution in [0.2, 0.25) is 0 Å². The Morgan fingerprint density at radius 1 is 0.857 bits per heavy atom. The number of pyridine rings is 1. The van der Waals surface area contributed by atoms with Gasteiger partial charge in [-0.25, -0.2) is 4.79 Å². The fourth-order valence-corrected chi connectivity index (χ4v) is 3.07. The average Bonchev–Trinajstić information content (AvgIpc) is 2.64. The van der Waals surface area contributed by atoms with E-state index in [4.69, 9.17) is 5.11 Å². The van der Waals surface area contributed by atoms with Crippen molar-refractivity contribution >= 4 is 17.7 Å². The van der Waals surface area contributed by atoms with Gasteiger partial charge in [0.2, 0.25) is 5.56 Å². The maximum absolute atomic E-state index is 11.7. The molecule has 0 fully saturated rings. The van der Waals surface area contributed by atoms with E-state index in [1.807, 2.05) is 0 Å². The lowest BCUT2D eigenvalue weighted by Crippen LogP contribution is -2.29. The number of carbonyl (C=O) groups excluding carboxylic acids is 1. The van der Waals surface area contributed by atoms with Crippen LogP contribution in [0.25, 0.3) is 0 Å². The quantitative estimate of drug-likeness (QED) is 0.306. The number of H-pyrrole nitrogens is 1. The zero-order chi connectivity index (χ0) is 20.5. The molecule has 1 heterocycles. The summed E-state index contributed by atoms with van der Waals surface area (Å²) in [5.41, 5.74) is 0.245. The highest BCUT2D eigenvalue weighted by Gasteiger charge is 2.01. The van der Waals surface area contributed by atoms with Crippen molar-refractivity contribution in [2.24, 2.45) is 0 Å². The predicted octanol–water partition coefficient (Wildman–Crippen LogP) is 4.65. The number of aromatic nitrogens is 1. The number of nitrogens with one attached hydrogen (secondary N) is 3. The van der Waals surface area contributed by atoms with Crippen LogP contribution >= 0.6 is 0 Å². The fourth-order valence-electron chi connectivity index (χ4n) is 3.07. The molecule has 7 nitrogen and oxygen atoms in total. The molecular weight excluding hydrogens is 358 g/mol. The number of amides is 2. The van der Waals surface area contributed by atoms with Crippen molar-refractivity contribution < 1.29 is 14.7 Å². The Hall–Kier alpha value is -2.31. The van der Waals surface area contributed by atoms with Crippen LogP contribution in [0.4, 0.5) is 10.5 Å². The van der Waals surface area contributed by atoms with E-state index in [1.54, 1.807) is 6.07 Å². The normalized spacial score (nSPS) is 10.6. The summed E-state index contributed by atoms with van der Waals surface area (Å²) < 4.78 is 0. The summed E-state index contributed by atoms with van der Waals surface area (Å²) in [5.74, 6) is -0.691. The third-order valence-electron chi connectivity index (χ3n) is 4.64. The molecule has 28 heavy (non-hydrogen) atoms. The number of carboxylic acids is 1. The molecule has 0 atom stereocenters. The van der Waals surface area contributed by atoms with E-state index in [-0.39, 0.29) is 11.6 Å². The number of carboxylic acid groups (broad SMARTS) is 1. The Balaban J connectivity index is 1.82. The Bertz CT molecular complexity index is 616. The number of unbranched alkanes of at least 4 members (excludes halogenated alkanes) is 11. The van der Waals surface area contributed by atoms with Gasteiger partial charge in [-0.15, -0.1) is 0 Å². The van der Waals surface area contributed by atoms with Gasteiger partial charge in [0, 0.05) is 30.9 Å². The van der Waals surface area contributed by atoms with Crippen LogP contribution in [0.3, 0.4) is 0 Å². The minimum atomic E-state index is -0.691. The van der Waals surface area contributed by atoms with Crippen molar-refractivity contribution in [3.63, 3.8) is 0 Å². The molecule has 0 aliphatic carbocycles. The van der Waals surface area contributed by atoms with E-state index in [0.717, 1.165) is 32.1 Å². The first kappa shape index (κ1) is 23.7. The zero-order valence-corrected chi connectivity index (χ0v) is 16.8. The molecule has 1 aromatic heterocycles. The van der Waals surface area contributed by atoms with Gasteiger partial charge < -0.3 is 20.7 Å². The standard InChI is InChI=1S/C21H35N3O4/c25-19-17-18(14-16-22-19)24-21(28)23-15-12-10-8-6-4-2-1-3-5-7-9-11-13-20(26)27/h14,16-17H,1-13,15H2,(H,26,27)(H3,22,23,24,25,28). The second kappa shape index (κ2) is 15.7. The Kier molecular flexibility index (Phi) is 13.3. The molecule has 2 amide bonds. The molecule has 1 aromatic rings. The number of hydrogen-bond acceptors (Lipinski definition) is 3. The first-order valence-corrected chi connectivity index (χ1v) is 10.5. The van der Waals surface area contributed by atoms with Crippen molar-refractivity contribution in [3.05, 3.63) is 28.7 Å². The summed E-state index contributed by atoms with van der Waals surface area (Å²) in [6, 6.07) is 2.70. The van der Waals surface area contributed by atoms with Crippen LogP contribution in [-0.4, -0.2) is 28.6 Å². The summed E-state index contributed by atoms with van der Waals surface area (Å²) >= 11 is 0. The minimum Gasteiger partial charge on any atom is -0.481 e. The highest BCUT2D eigenvalue weighted by atomic mass is 16.4. The largest absolute Gasteiger partial charge is 0.481 e. The Labute approximate surface area is 167 Å². The second-order valence-corrected chi connectivity index (χ2v) is 7.21. The molecule has 1 rings (SSSR count). The zero-order valence-electron chi connectivity index (χ0n) is 16.8. The van der Waals surface area contributed by atoms with Gasteiger partial charge in [0.15, 0.2) is 0 Å². The van der Waals surface area contributed by atoms with Crippen LogP contribution in [0.1, 0.15) is 83.5 Å². The summed E-state index contributed by atoms with van der Waals surface area (Å²) in [7, 11) is 0. The molecule has 7 heteroatoms. The number of urea groups is 1. The van der Waals surface area contributed by atoms with Crippen molar-refractivity contribution in [2.45, 2.75) is 83.5 Å². The highest BCUT2D eigenvalue weighted by Crippen LogP contribution is 2.12. The predicted molar refractivity (Wildman–Crippen MR) is 112 cm³/mol. The SMILES string of the molecule is O=C(O)CCCCCCCCCCCCCCNC(=O)Nc1cc[nH]c(=O)c1. The summed E-state index contributed by atoms with van der Waals surface area (Å²) in [4.78, 5) is 35.8. The number of carbonyl (C=O) groups is 2. The Morgan fingerprint density at radius 3 is 1.93 bits per heavy atom. The van der Waals surface area contributed by atoms with Crippen LogP contribution in [0.5, 0.6) is 0 Å². The highest BCUT2D eigenvalue weighted by molar-refractivity contribution is 5.88. The minimum absolute atomic E-state index is 0.242. The van der Waals surface area contributed by atoms with E-state index in [0.29, 0.717) is 18.7 Å². The number of rotatable bonds is 16. The van der Waals surface area contributed by atoms with Crippen LogP contribution < -0.4 is 16.2 Å². The molecule has 0 bridgehead atoms. The number of hydrogen-bond donors (Lipinski definition) is 4. The summed E-state index contributed by atoms with van der Waals surface area (Å²) in [5, 5.41) is 14.0. The maximum Gasteiger partial charge on any atom is 0.319 e. The van der Waals surface area contributed by atoms with Gasteiger partial charge in [0.25, 0.3) is 0 Å². The van der Waals surface area contributed by atoms with E-state index < -0.39 is 5.97 Å². The third kappa shape index (κ3) is 13.8. The number of aromatic amines is 1. The molecule has 0 saturated carbocycles. The lowest BCUT2D eigenvalue weighted by Gasteiger charge is -2.07. The molecule has 0 radical (unpaired) electrons. The second-order valence-electron chi connectivity index (χ2n) is 7.21. The van der Waals surface area contributed by atoms with Crippen molar-refractivity contribution in [2.75, 3.05) is 11.9 Å². The first-order valence-electron chi connectivity index (χ1n) is 10.5. The molecule has 0 aliphatic heterocycles. The molecule has 0 spiro atoms. The lowest BCUT2D eigenvalue weighted by molar-refractivity contribution is -0.137. The molecule has 0 unspecified atom stereocenters. The van der Waals surface area contributed by atoms with E-state index in [9.17, 15) is 14.4 Å². The molecule has 0 aliphatic rings. The average molecular weight is 394 g/mol. The number of anilines is 1. The van der Waals surface area contributed by atoms with Gasteiger partial charge in [-0.1, -0.05) is 64.2 Å². The van der Waals surface area contributed by atoms with Gasteiger partial charge in [-0.05, 0) is 18.9 Å². The first-order chi connectivity index (χ1) is 13.6. The van der Waals surface area contributed by atoms with Gasteiger partial charge >= 0.3 is 12.0 Å². The molecule has 0 saturated heterocycles. The summed E-state index contributed by atoms with van der Waals surface area (Å²) in [6.45, 7) is 0.636. The van der Waals surface area contributed by atoms with Crippen LogP contribution in [0.15, 0.2) is 23.1 Å². The fraction of sp³-hybridized carbons (Fsp3) is 0.667. The molecule has 0 aromatic carbocycles. The lowest BCUT2D eigenvalue weighted by atomic mass is 10.0. The van der Waals surface area contributed by atoms with Crippen LogP contribution in [-0.2, 0) is 4.79 Å². The van der Waals surface area contributed by atoms with Crippen molar-refractivity contribution in [1.82, 2.24) is 10.3 Å². The summed E-state index contributed by atoms with van der Waals surface area (Å²) in [6.07, 6.45) is 15.5. The smallest absolute Gasteiger partial charge is 0.319 e. The monoisotopic (exact) mass is 393 g/mol. The molecular formula is C21H35N3O4. The van der Waals surface area contributed by atoms with E-state index >= 15 is 0 Å². The van der Waals surface area contributed by atoms with E-state index in [2.05, 4.69) is 15.6 Å². The topological polar surface area (TPSA) is 111 Å². The van der Waals surface area contributed by atoms with Gasteiger partial charge in [-0.2, -0.15) is 0 Å². The van der Waals surface area contributed by atoms with Crippen molar-refractivity contribution in [3.8, 4) is 0 Å². The molecule has 4 N–H and O–H groups in total. The number of aliphatic carboxylic acids is 1. The molecule has 158 valence electrons. The van der Waals surface area contributed by atoms with Gasteiger partial charge in [0.1, 0.15) is 0 Å². The van der Waals surface area contributed by atoms with Gasteiger partial charge in [0.05, 0.1) is 0 Å². The van der Waals surface area contributed by atoms with Gasteiger partial charge in [-0.3, -0.25) is 9.59 Å². The Morgan fingerprint density at radius 2 is 1.39 bits per heavy atom. The third-order valence-corrected chi connectivity index (χ3v) is 4.64. The van der Waals surface area contributed by atoms with Crippen molar-refractivity contribution in [1.29, 1.82) is 0 Å².